The Morgan fingerprint density at radius 3 is 2.67 bits per heavy atom. The molecular weight excluding hydrogens is 230 g/mol. The summed E-state index contributed by atoms with van der Waals surface area (Å²) >= 11 is 0. The summed E-state index contributed by atoms with van der Waals surface area (Å²) < 4.78 is 5.34. The third-order valence-electron chi connectivity index (χ3n) is 3.06. The Labute approximate surface area is 109 Å². The number of carbonyl (C=O) groups excluding carboxylic acids is 2. The molecule has 0 spiro atoms. The molecule has 1 aliphatic heterocycles. The van der Waals surface area contributed by atoms with E-state index in [1.54, 1.807) is 11.0 Å². The van der Waals surface area contributed by atoms with Gasteiger partial charge in [0.1, 0.15) is 11.9 Å². The Morgan fingerprint density at radius 2 is 2.17 bits per heavy atom. The number of aldehydes is 1. The molecule has 1 heterocycles. The number of likely N-dealkylation sites (tertiary alicyclic amines) is 1. The van der Waals surface area contributed by atoms with Gasteiger partial charge in [-0.15, -0.1) is 6.58 Å². The lowest BCUT2D eigenvalue weighted by molar-refractivity contribution is -0.118. The molecule has 1 rings (SSSR count). The Hall–Kier alpha value is -1.32. The van der Waals surface area contributed by atoms with Crippen molar-refractivity contribution in [3.05, 3.63) is 12.7 Å². The summed E-state index contributed by atoms with van der Waals surface area (Å²) in [5.41, 5.74) is -0.978. The van der Waals surface area contributed by atoms with Gasteiger partial charge in [-0.05, 0) is 40.0 Å². The van der Waals surface area contributed by atoms with E-state index < -0.39 is 11.0 Å². The van der Waals surface area contributed by atoms with Crippen molar-refractivity contribution in [1.29, 1.82) is 0 Å². The van der Waals surface area contributed by atoms with Gasteiger partial charge < -0.3 is 14.4 Å². The number of rotatable bonds is 3. The zero-order chi connectivity index (χ0) is 13.8. The molecule has 0 aliphatic carbocycles. The van der Waals surface area contributed by atoms with E-state index in [2.05, 4.69) is 6.58 Å². The molecule has 1 unspecified atom stereocenters. The molecule has 0 N–H and O–H groups in total. The van der Waals surface area contributed by atoms with E-state index >= 15 is 0 Å². The first kappa shape index (κ1) is 14.7. The lowest BCUT2D eigenvalue weighted by Crippen LogP contribution is -2.48. The Morgan fingerprint density at radius 1 is 1.50 bits per heavy atom. The van der Waals surface area contributed by atoms with Crippen molar-refractivity contribution in [3.8, 4) is 0 Å². The molecule has 1 amide bonds. The molecule has 1 saturated heterocycles. The monoisotopic (exact) mass is 253 g/mol. The van der Waals surface area contributed by atoms with E-state index in [-0.39, 0.29) is 6.09 Å². The molecule has 18 heavy (non-hydrogen) atoms. The number of carbonyl (C=O) groups is 2. The van der Waals surface area contributed by atoms with Crippen LogP contribution < -0.4 is 0 Å². The summed E-state index contributed by atoms with van der Waals surface area (Å²) in [7, 11) is 0. The summed E-state index contributed by atoms with van der Waals surface area (Å²) in [6.45, 7) is 10.3. The molecule has 4 nitrogen and oxygen atoms in total. The standard InChI is InChI=1S/C14H23NO3/c1-5-7-14(11-16)8-6-9-15(10-14)12(17)18-13(2,3)4/h5,11H,1,6-10H2,2-4H3. The van der Waals surface area contributed by atoms with Crippen LogP contribution in [0.3, 0.4) is 0 Å². The molecule has 0 aromatic heterocycles. The molecule has 1 aliphatic rings. The highest BCUT2D eigenvalue weighted by Gasteiger charge is 2.37. The SMILES string of the molecule is C=CCC1(C=O)CCCN(C(=O)OC(C)(C)C)C1. The highest BCUT2D eigenvalue weighted by atomic mass is 16.6. The lowest BCUT2D eigenvalue weighted by Gasteiger charge is -2.39. The molecular formula is C14H23NO3. The number of hydrogen-bond acceptors (Lipinski definition) is 3. The van der Waals surface area contributed by atoms with Gasteiger partial charge in [0, 0.05) is 18.5 Å². The average Bonchev–Trinajstić information content (AvgIpc) is 2.27. The second-order valence-corrected chi connectivity index (χ2v) is 5.98. The van der Waals surface area contributed by atoms with Gasteiger partial charge in [0.2, 0.25) is 0 Å². The largest absolute Gasteiger partial charge is 0.444 e. The number of piperidine rings is 1. The maximum Gasteiger partial charge on any atom is 0.410 e. The van der Waals surface area contributed by atoms with Crippen LogP contribution in [0.1, 0.15) is 40.0 Å². The van der Waals surface area contributed by atoms with Gasteiger partial charge in [0.15, 0.2) is 0 Å². The highest BCUT2D eigenvalue weighted by Crippen LogP contribution is 2.32. The number of allylic oxidation sites excluding steroid dienone is 1. The molecule has 0 bridgehead atoms. The van der Waals surface area contributed by atoms with Crippen LogP contribution >= 0.6 is 0 Å². The van der Waals surface area contributed by atoms with Gasteiger partial charge in [-0.1, -0.05) is 6.08 Å². The summed E-state index contributed by atoms with van der Waals surface area (Å²) in [5.74, 6) is 0. The molecule has 0 radical (unpaired) electrons. The van der Waals surface area contributed by atoms with E-state index in [1.807, 2.05) is 20.8 Å². The average molecular weight is 253 g/mol. The lowest BCUT2D eigenvalue weighted by atomic mass is 9.78. The van der Waals surface area contributed by atoms with Crippen LogP contribution in [-0.2, 0) is 9.53 Å². The van der Waals surface area contributed by atoms with Crippen LogP contribution in [0, 0.1) is 5.41 Å². The second kappa shape index (κ2) is 5.55. The first-order chi connectivity index (χ1) is 8.32. The van der Waals surface area contributed by atoms with Crippen LogP contribution in [-0.4, -0.2) is 36.0 Å². The smallest absolute Gasteiger partial charge is 0.410 e. The van der Waals surface area contributed by atoms with Gasteiger partial charge in [-0.25, -0.2) is 4.79 Å². The van der Waals surface area contributed by atoms with Crippen LogP contribution in [0.15, 0.2) is 12.7 Å². The van der Waals surface area contributed by atoms with Gasteiger partial charge in [-0.2, -0.15) is 0 Å². The quantitative estimate of drug-likeness (QED) is 0.574. The Balaban J connectivity index is 2.71. The van der Waals surface area contributed by atoms with Crippen molar-refractivity contribution in [2.45, 2.75) is 45.6 Å². The van der Waals surface area contributed by atoms with Crippen molar-refractivity contribution in [2.75, 3.05) is 13.1 Å². The highest BCUT2D eigenvalue weighted by molar-refractivity contribution is 5.70. The Bertz CT molecular complexity index is 332. The predicted octanol–water partition coefficient (Wildman–Crippen LogP) is 2.78. The zero-order valence-corrected chi connectivity index (χ0v) is 11.6. The normalized spacial score (nSPS) is 24.5. The van der Waals surface area contributed by atoms with Crippen LogP contribution in [0.4, 0.5) is 4.79 Å². The summed E-state index contributed by atoms with van der Waals surface area (Å²) in [4.78, 5) is 24.9. The molecule has 4 heteroatoms. The molecule has 1 atom stereocenters. The van der Waals surface area contributed by atoms with E-state index in [1.165, 1.54) is 0 Å². The van der Waals surface area contributed by atoms with Gasteiger partial charge in [0.05, 0.1) is 0 Å². The Kier molecular flexibility index (Phi) is 4.54. The third kappa shape index (κ3) is 3.86. The van der Waals surface area contributed by atoms with Gasteiger partial charge in [-0.3, -0.25) is 0 Å². The van der Waals surface area contributed by atoms with Gasteiger partial charge in [0.25, 0.3) is 0 Å². The number of ether oxygens (including phenoxy) is 1. The topological polar surface area (TPSA) is 46.6 Å². The van der Waals surface area contributed by atoms with Crippen LogP contribution in [0.2, 0.25) is 0 Å². The molecule has 0 aromatic carbocycles. The summed E-state index contributed by atoms with van der Waals surface area (Å²) in [6.07, 6.45) is 4.61. The number of nitrogens with zero attached hydrogens (tertiary/aromatic N) is 1. The zero-order valence-electron chi connectivity index (χ0n) is 11.6. The first-order valence-electron chi connectivity index (χ1n) is 6.37. The number of hydrogen-bond donors (Lipinski definition) is 0. The fourth-order valence-corrected chi connectivity index (χ4v) is 2.24. The molecule has 0 saturated carbocycles. The maximum absolute atomic E-state index is 12.0. The minimum absolute atomic E-state index is 0.336. The maximum atomic E-state index is 12.0. The van der Waals surface area contributed by atoms with Crippen molar-refractivity contribution in [2.24, 2.45) is 5.41 Å². The van der Waals surface area contributed by atoms with Crippen LogP contribution in [0.25, 0.3) is 0 Å². The molecule has 0 aromatic rings. The summed E-state index contributed by atoms with van der Waals surface area (Å²) in [5, 5.41) is 0. The predicted molar refractivity (Wildman–Crippen MR) is 70.4 cm³/mol. The first-order valence-corrected chi connectivity index (χ1v) is 6.37. The van der Waals surface area contributed by atoms with E-state index in [0.29, 0.717) is 19.5 Å². The minimum atomic E-state index is -0.503. The molecule has 102 valence electrons. The van der Waals surface area contributed by atoms with E-state index in [4.69, 9.17) is 4.74 Å². The van der Waals surface area contributed by atoms with Crippen molar-refractivity contribution < 1.29 is 14.3 Å². The van der Waals surface area contributed by atoms with Crippen molar-refractivity contribution in [3.63, 3.8) is 0 Å². The summed E-state index contributed by atoms with van der Waals surface area (Å²) in [6, 6.07) is 0. The third-order valence-corrected chi connectivity index (χ3v) is 3.06. The van der Waals surface area contributed by atoms with Crippen molar-refractivity contribution in [1.82, 2.24) is 4.90 Å². The van der Waals surface area contributed by atoms with Crippen molar-refractivity contribution >= 4 is 12.4 Å². The van der Waals surface area contributed by atoms with Crippen LogP contribution in [0.5, 0.6) is 0 Å². The van der Waals surface area contributed by atoms with E-state index in [0.717, 1.165) is 19.1 Å². The second-order valence-electron chi connectivity index (χ2n) is 5.98. The van der Waals surface area contributed by atoms with E-state index in [9.17, 15) is 9.59 Å². The van der Waals surface area contributed by atoms with Gasteiger partial charge >= 0.3 is 6.09 Å². The number of amides is 1. The molecule has 1 fully saturated rings. The fourth-order valence-electron chi connectivity index (χ4n) is 2.24. The minimum Gasteiger partial charge on any atom is -0.444 e. The fraction of sp³-hybridized carbons (Fsp3) is 0.714.